The Bertz CT molecular complexity index is 252. The first-order valence-corrected chi connectivity index (χ1v) is 6.67. The highest BCUT2D eigenvalue weighted by Crippen LogP contribution is 2.29. The van der Waals surface area contributed by atoms with Gasteiger partial charge in [-0.2, -0.15) is 0 Å². The number of hydrogen-bond donors (Lipinski definition) is 1. The van der Waals surface area contributed by atoms with Crippen LogP contribution in [0.15, 0.2) is 5.16 Å². The minimum Gasteiger partial charge on any atom is -0.323 e. The van der Waals surface area contributed by atoms with Crippen molar-refractivity contribution in [1.29, 1.82) is 0 Å². The van der Waals surface area contributed by atoms with Crippen LogP contribution in [0.25, 0.3) is 0 Å². The smallest absolute Gasteiger partial charge is 0.323 e. The van der Waals surface area contributed by atoms with Gasteiger partial charge in [-0.15, -0.1) is 11.8 Å². The fourth-order valence-electron chi connectivity index (χ4n) is 1.45. The van der Waals surface area contributed by atoms with Crippen molar-refractivity contribution in [2.45, 2.75) is 40.0 Å². The van der Waals surface area contributed by atoms with Crippen LogP contribution >= 0.6 is 11.8 Å². The second-order valence-corrected chi connectivity index (χ2v) is 5.29. The first kappa shape index (κ1) is 15.3. The number of carbonyl (C=O) groups excluding carboxylic acids is 1. The molecule has 5 heteroatoms. The van der Waals surface area contributed by atoms with E-state index in [9.17, 15) is 4.79 Å². The molecule has 0 rings (SSSR count). The van der Waals surface area contributed by atoms with Gasteiger partial charge in [0.25, 0.3) is 0 Å². The maximum Gasteiger partial charge on any atom is 0.433 e. The second-order valence-electron chi connectivity index (χ2n) is 4.41. The van der Waals surface area contributed by atoms with Crippen molar-refractivity contribution in [3.8, 4) is 0 Å². The number of oxime groups is 1. The van der Waals surface area contributed by atoms with Gasteiger partial charge in [-0.3, -0.25) is 4.84 Å². The van der Waals surface area contributed by atoms with E-state index in [2.05, 4.69) is 36.1 Å². The summed E-state index contributed by atoms with van der Waals surface area (Å²) in [5.74, 6) is 0. The standard InChI is InChI=1S/C11H22N2O2S/c1-6-7-11(2,3)8-9(16-5)13-15-10(14)12-4/h6-8H2,1-5H3,(H,12,14). The number of nitrogens with zero attached hydrogens (tertiary/aromatic N) is 1. The van der Waals surface area contributed by atoms with Crippen molar-refractivity contribution in [1.82, 2.24) is 5.32 Å². The molecule has 0 bridgehead atoms. The Morgan fingerprint density at radius 2 is 2.12 bits per heavy atom. The molecule has 4 nitrogen and oxygen atoms in total. The van der Waals surface area contributed by atoms with Gasteiger partial charge in [-0.05, 0) is 18.1 Å². The molecule has 0 spiro atoms. The SMILES string of the molecule is CCCC(C)(C)CC(=NOC(=O)NC)SC. The van der Waals surface area contributed by atoms with Crippen LogP contribution in [0.5, 0.6) is 0 Å². The van der Waals surface area contributed by atoms with E-state index in [1.165, 1.54) is 18.8 Å². The van der Waals surface area contributed by atoms with Gasteiger partial charge in [-0.25, -0.2) is 4.79 Å². The highest BCUT2D eigenvalue weighted by molar-refractivity contribution is 8.13. The van der Waals surface area contributed by atoms with Gasteiger partial charge < -0.3 is 5.32 Å². The number of nitrogens with one attached hydrogen (secondary N) is 1. The third kappa shape index (κ3) is 6.71. The molecular weight excluding hydrogens is 224 g/mol. The van der Waals surface area contributed by atoms with Crippen LogP contribution in [-0.4, -0.2) is 24.4 Å². The van der Waals surface area contributed by atoms with Crippen molar-refractivity contribution in [3.05, 3.63) is 0 Å². The molecule has 0 radical (unpaired) electrons. The molecule has 0 aliphatic heterocycles. The molecule has 0 aromatic heterocycles. The average Bonchev–Trinajstić information content (AvgIpc) is 2.23. The average molecular weight is 246 g/mol. The summed E-state index contributed by atoms with van der Waals surface area (Å²) in [6.45, 7) is 6.56. The molecule has 0 atom stereocenters. The third-order valence-corrected chi connectivity index (χ3v) is 2.92. The number of rotatable bonds is 5. The normalized spacial score (nSPS) is 12.4. The number of hydrogen-bond acceptors (Lipinski definition) is 4. The highest BCUT2D eigenvalue weighted by Gasteiger charge is 2.19. The molecule has 0 aliphatic carbocycles. The van der Waals surface area contributed by atoms with Gasteiger partial charge in [0, 0.05) is 13.5 Å². The summed E-state index contributed by atoms with van der Waals surface area (Å²) in [5.41, 5.74) is 0.197. The fourth-order valence-corrected chi connectivity index (χ4v) is 2.10. The molecule has 0 unspecified atom stereocenters. The Morgan fingerprint density at radius 3 is 2.56 bits per heavy atom. The molecular formula is C11H22N2O2S. The molecule has 0 saturated heterocycles. The van der Waals surface area contributed by atoms with E-state index in [0.717, 1.165) is 24.3 Å². The first-order valence-electron chi connectivity index (χ1n) is 5.44. The first-order chi connectivity index (χ1) is 7.45. The van der Waals surface area contributed by atoms with E-state index in [1.807, 2.05) is 6.26 Å². The van der Waals surface area contributed by atoms with Crippen molar-refractivity contribution < 1.29 is 9.63 Å². The molecule has 0 aromatic rings. The van der Waals surface area contributed by atoms with Gasteiger partial charge in [0.2, 0.25) is 0 Å². The zero-order chi connectivity index (χ0) is 12.6. The quantitative estimate of drug-likeness (QED) is 0.351. The predicted molar refractivity (Wildman–Crippen MR) is 69.8 cm³/mol. The maximum atomic E-state index is 10.9. The number of carbonyl (C=O) groups is 1. The van der Waals surface area contributed by atoms with Gasteiger partial charge in [0.1, 0.15) is 5.04 Å². The van der Waals surface area contributed by atoms with Crippen LogP contribution in [0.1, 0.15) is 40.0 Å². The van der Waals surface area contributed by atoms with Crippen molar-refractivity contribution in [2.24, 2.45) is 10.6 Å². The number of amides is 1. The molecule has 0 aromatic carbocycles. The Labute approximate surface area is 102 Å². The molecule has 0 aliphatic rings. The van der Waals surface area contributed by atoms with E-state index in [1.54, 1.807) is 0 Å². The lowest BCUT2D eigenvalue weighted by Crippen LogP contribution is -2.19. The van der Waals surface area contributed by atoms with Crippen LogP contribution in [-0.2, 0) is 4.84 Å². The van der Waals surface area contributed by atoms with Gasteiger partial charge in [-0.1, -0.05) is 32.3 Å². The summed E-state index contributed by atoms with van der Waals surface area (Å²) >= 11 is 1.52. The summed E-state index contributed by atoms with van der Waals surface area (Å²) in [7, 11) is 1.51. The molecule has 0 fully saturated rings. The summed E-state index contributed by atoms with van der Waals surface area (Å²) in [6, 6.07) is 0. The minimum atomic E-state index is -0.528. The van der Waals surface area contributed by atoms with E-state index in [0.29, 0.717) is 0 Å². The van der Waals surface area contributed by atoms with E-state index in [-0.39, 0.29) is 5.41 Å². The fraction of sp³-hybridized carbons (Fsp3) is 0.818. The summed E-state index contributed by atoms with van der Waals surface area (Å²) in [5, 5.41) is 7.05. The molecule has 1 N–H and O–H groups in total. The minimum absolute atomic E-state index is 0.197. The Morgan fingerprint density at radius 1 is 1.50 bits per heavy atom. The maximum absolute atomic E-state index is 10.9. The van der Waals surface area contributed by atoms with Crippen molar-refractivity contribution in [3.63, 3.8) is 0 Å². The van der Waals surface area contributed by atoms with E-state index < -0.39 is 6.09 Å². The van der Waals surface area contributed by atoms with Crippen LogP contribution in [0.2, 0.25) is 0 Å². The monoisotopic (exact) mass is 246 g/mol. The zero-order valence-electron chi connectivity index (χ0n) is 10.8. The Hall–Kier alpha value is -0.710. The lowest BCUT2D eigenvalue weighted by molar-refractivity contribution is 0.152. The lowest BCUT2D eigenvalue weighted by Gasteiger charge is -2.23. The van der Waals surface area contributed by atoms with E-state index >= 15 is 0 Å². The van der Waals surface area contributed by atoms with Crippen molar-refractivity contribution in [2.75, 3.05) is 13.3 Å². The Kier molecular flexibility index (Phi) is 7.21. The van der Waals surface area contributed by atoms with Crippen LogP contribution < -0.4 is 5.32 Å². The second kappa shape index (κ2) is 7.54. The topological polar surface area (TPSA) is 50.7 Å². The van der Waals surface area contributed by atoms with Gasteiger partial charge >= 0.3 is 6.09 Å². The highest BCUT2D eigenvalue weighted by atomic mass is 32.2. The van der Waals surface area contributed by atoms with Crippen LogP contribution in [0.3, 0.4) is 0 Å². The van der Waals surface area contributed by atoms with Crippen LogP contribution in [0, 0.1) is 5.41 Å². The lowest BCUT2D eigenvalue weighted by atomic mass is 9.85. The summed E-state index contributed by atoms with van der Waals surface area (Å²) < 4.78 is 0. The summed E-state index contributed by atoms with van der Waals surface area (Å²) in [4.78, 5) is 15.6. The van der Waals surface area contributed by atoms with Crippen LogP contribution in [0.4, 0.5) is 4.79 Å². The van der Waals surface area contributed by atoms with Crippen molar-refractivity contribution >= 4 is 22.9 Å². The van der Waals surface area contributed by atoms with E-state index in [4.69, 9.17) is 0 Å². The summed E-state index contributed by atoms with van der Waals surface area (Å²) in [6.07, 6.45) is 4.52. The molecule has 16 heavy (non-hydrogen) atoms. The number of thioether (sulfide) groups is 1. The van der Waals surface area contributed by atoms with Gasteiger partial charge in [0.05, 0.1) is 0 Å². The third-order valence-electron chi connectivity index (χ3n) is 2.23. The van der Waals surface area contributed by atoms with Gasteiger partial charge in [0.15, 0.2) is 0 Å². The molecule has 0 saturated carbocycles. The molecule has 94 valence electrons. The molecule has 1 amide bonds. The zero-order valence-corrected chi connectivity index (χ0v) is 11.6. The molecule has 0 heterocycles. The predicted octanol–water partition coefficient (Wildman–Crippen LogP) is 3.24. The largest absolute Gasteiger partial charge is 0.433 e. The Balaban J connectivity index is 4.33.